The molecule has 88 valence electrons. The molecule has 0 spiro atoms. The van der Waals surface area contributed by atoms with Crippen molar-refractivity contribution in [1.82, 2.24) is 4.90 Å². The van der Waals surface area contributed by atoms with Crippen LogP contribution in [0.25, 0.3) is 0 Å². The number of hydrogen-bond acceptors (Lipinski definition) is 2. The summed E-state index contributed by atoms with van der Waals surface area (Å²) in [5.41, 5.74) is 7.58. The molecule has 0 aliphatic carbocycles. The molecular formula is C13H19BrN2. The quantitative estimate of drug-likeness (QED) is 0.904. The van der Waals surface area contributed by atoms with Gasteiger partial charge in [0.1, 0.15) is 0 Å². The Balaban J connectivity index is 2.13. The van der Waals surface area contributed by atoms with Crippen molar-refractivity contribution >= 4 is 15.9 Å². The average molecular weight is 283 g/mol. The van der Waals surface area contributed by atoms with E-state index in [4.69, 9.17) is 5.73 Å². The highest BCUT2D eigenvalue weighted by molar-refractivity contribution is 9.10. The molecule has 2 rings (SSSR count). The Kier molecular flexibility index (Phi) is 3.67. The molecule has 1 aromatic rings. The molecule has 16 heavy (non-hydrogen) atoms. The van der Waals surface area contributed by atoms with Crippen LogP contribution in [0.5, 0.6) is 0 Å². The van der Waals surface area contributed by atoms with E-state index in [1.165, 1.54) is 5.56 Å². The van der Waals surface area contributed by atoms with Crippen LogP contribution in [0.2, 0.25) is 0 Å². The number of halogens is 1. The topological polar surface area (TPSA) is 29.3 Å². The van der Waals surface area contributed by atoms with Gasteiger partial charge in [0.15, 0.2) is 0 Å². The minimum Gasteiger partial charge on any atom is -0.326 e. The van der Waals surface area contributed by atoms with Gasteiger partial charge in [-0.2, -0.15) is 0 Å². The van der Waals surface area contributed by atoms with Crippen molar-refractivity contribution in [2.75, 3.05) is 13.1 Å². The molecule has 0 amide bonds. The Morgan fingerprint density at radius 3 is 2.38 bits per heavy atom. The number of hydrogen-bond donors (Lipinski definition) is 1. The van der Waals surface area contributed by atoms with Crippen LogP contribution in [0.4, 0.5) is 0 Å². The zero-order valence-electron chi connectivity index (χ0n) is 9.86. The Morgan fingerprint density at radius 1 is 1.25 bits per heavy atom. The Hall–Kier alpha value is -0.380. The first-order valence-electron chi connectivity index (χ1n) is 5.83. The highest BCUT2D eigenvalue weighted by Crippen LogP contribution is 2.28. The summed E-state index contributed by atoms with van der Waals surface area (Å²) in [6, 6.07) is 9.41. The van der Waals surface area contributed by atoms with Gasteiger partial charge in [0.2, 0.25) is 0 Å². The normalized spacial score (nSPS) is 26.6. The van der Waals surface area contributed by atoms with Crippen LogP contribution >= 0.6 is 15.9 Å². The molecule has 0 saturated carbocycles. The number of benzene rings is 1. The lowest BCUT2D eigenvalue weighted by atomic mass is 9.95. The second kappa shape index (κ2) is 4.86. The van der Waals surface area contributed by atoms with Crippen LogP contribution in [0, 0.1) is 0 Å². The SMILES string of the molecule is CC(C)N1CC(N)C(c2ccc(Br)cc2)C1. The lowest BCUT2D eigenvalue weighted by Gasteiger charge is -2.20. The largest absolute Gasteiger partial charge is 0.326 e. The van der Waals surface area contributed by atoms with Gasteiger partial charge in [-0.3, -0.25) is 4.90 Å². The smallest absolute Gasteiger partial charge is 0.0250 e. The molecule has 2 nitrogen and oxygen atoms in total. The van der Waals surface area contributed by atoms with Gasteiger partial charge in [-0.05, 0) is 31.5 Å². The van der Waals surface area contributed by atoms with Crippen LogP contribution in [0.1, 0.15) is 25.3 Å². The van der Waals surface area contributed by atoms with Crippen molar-refractivity contribution in [1.29, 1.82) is 0 Å². The molecular weight excluding hydrogens is 264 g/mol. The first-order chi connectivity index (χ1) is 7.58. The summed E-state index contributed by atoms with van der Waals surface area (Å²) < 4.78 is 1.13. The van der Waals surface area contributed by atoms with Crippen LogP contribution in [0.3, 0.4) is 0 Å². The van der Waals surface area contributed by atoms with Crippen LogP contribution < -0.4 is 5.73 Å². The third-order valence-electron chi connectivity index (χ3n) is 3.42. The summed E-state index contributed by atoms with van der Waals surface area (Å²) >= 11 is 3.46. The van der Waals surface area contributed by atoms with Crippen molar-refractivity contribution in [2.45, 2.75) is 31.8 Å². The molecule has 1 heterocycles. The molecule has 0 aromatic heterocycles. The maximum atomic E-state index is 6.22. The summed E-state index contributed by atoms with van der Waals surface area (Å²) in [6.45, 7) is 6.56. The summed E-state index contributed by atoms with van der Waals surface area (Å²) in [6.07, 6.45) is 0. The molecule has 1 aromatic carbocycles. The summed E-state index contributed by atoms with van der Waals surface area (Å²) in [4.78, 5) is 2.46. The second-order valence-corrected chi connectivity index (χ2v) is 5.79. The molecule has 1 aliphatic heterocycles. The molecule has 1 fully saturated rings. The molecule has 2 atom stereocenters. The maximum Gasteiger partial charge on any atom is 0.0250 e. The highest BCUT2D eigenvalue weighted by atomic mass is 79.9. The highest BCUT2D eigenvalue weighted by Gasteiger charge is 2.32. The van der Waals surface area contributed by atoms with E-state index < -0.39 is 0 Å². The molecule has 1 saturated heterocycles. The van der Waals surface area contributed by atoms with E-state index in [1.807, 2.05) is 0 Å². The molecule has 2 N–H and O–H groups in total. The van der Waals surface area contributed by atoms with Gasteiger partial charge < -0.3 is 5.73 Å². The first kappa shape index (κ1) is 12.1. The van der Waals surface area contributed by atoms with E-state index in [-0.39, 0.29) is 6.04 Å². The minimum atomic E-state index is 0.267. The number of likely N-dealkylation sites (tertiary alicyclic amines) is 1. The molecule has 1 aliphatic rings. The van der Waals surface area contributed by atoms with Gasteiger partial charge in [-0.15, -0.1) is 0 Å². The van der Waals surface area contributed by atoms with Gasteiger partial charge in [0.25, 0.3) is 0 Å². The van der Waals surface area contributed by atoms with Crippen LogP contribution in [-0.2, 0) is 0 Å². The molecule has 3 heteroatoms. The van der Waals surface area contributed by atoms with E-state index in [0.29, 0.717) is 12.0 Å². The van der Waals surface area contributed by atoms with E-state index >= 15 is 0 Å². The Morgan fingerprint density at radius 2 is 1.88 bits per heavy atom. The molecule has 0 radical (unpaired) electrons. The van der Waals surface area contributed by atoms with E-state index in [1.54, 1.807) is 0 Å². The maximum absolute atomic E-state index is 6.22. The van der Waals surface area contributed by atoms with Gasteiger partial charge in [-0.1, -0.05) is 28.1 Å². The van der Waals surface area contributed by atoms with Gasteiger partial charge in [-0.25, -0.2) is 0 Å². The zero-order chi connectivity index (χ0) is 11.7. The standard InChI is InChI=1S/C13H19BrN2/c1-9(2)16-7-12(13(15)8-16)10-3-5-11(14)6-4-10/h3-6,9,12-13H,7-8,15H2,1-2H3. The fourth-order valence-electron chi connectivity index (χ4n) is 2.34. The second-order valence-electron chi connectivity index (χ2n) is 4.87. The number of nitrogens with zero attached hydrogens (tertiary/aromatic N) is 1. The predicted molar refractivity (Wildman–Crippen MR) is 71.6 cm³/mol. The van der Waals surface area contributed by atoms with Crippen molar-refractivity contribution in [3.63, 3.8) is 0 Å². The van der Waals surface area contributed by atoms with Crippen molar-refractivity contribution in [3.05, 3.63) is 34.3 Å². The minimum absolute atomic E-state index is 0.267. The first-order valence-corrected chi connectivity index (χ1v) is 6.62. The number of nitrogens with two attached hydrogens (primary N) is 1. The van der Waals surface area contributed by atoms with E-state index in [0.717, 1.165) is 17.6 Å². The zero-order valence-corrected chi connectivity index (χ0v) is 11.4. The van der Waals surface area contributed by atoms with Gasteiger partial charge in [0.05, 0.1) is 0 Å². The van der Waals surface area contributed by atoms with E-state index in [2.05, 4.69) is 58.9 Å². The number of rotatable bonds is 2. The lowest BCUT2D eigenvalue weighted by Crippen LogP contribution is -2.31. The van der Waals surface area contributed by atoms with Crippen LogP contribution in [-0.4, -0.2) is 30.1 Å². The van der Waals surface area contributed by atoms with Crippen molar-refractivity contribution < 1.29 is 0 Å². The monoisotopic (exact) mass is 282 g/mol. The average Bonchev–Trinajstić information content (AvgIpc) is 2.62. The van der Waals surface area contributed by atoms with Crippen LogP contribution in [0.15, 0.2) is 28.7 Å². The van der Waals surface area contributed by atoms with E-state index in [9.17, 15) is 0 Å². The Bertz CT molecular complexity index is 347. The third kappa shape index (κ3) is 2.47. The fraction of sp³-hybridized carbons (Fsp3) is 0.538. The summed E-state index contributed by atoms with van der Waals surface area (Å²) in [7, 11) is 0. The van der Waals surface area contributed by atoms with Gasteiger partial charge in [0, 0.05) is 35.6 Å². The molecule has 2 unspecified atom stereocenters. The summed E-state index contributed by atoms with van der Waals surface area (Å²) in [5.74, 6) is 0.482. The van der Waals surface area contributed by atoms with Crippen molar-refractivity contribution in [3.8, 4) is 0 Å². The van der Waals surface area contributed by atoms with Crippen molar-refractivity contribution in [2.24, 2.45) is 5.73 Å². The molecule has 0 bridgehead atoms. The van der Waals surface area contributed by atoms with Gasteiger partial charge >= 0.3 is 0 Å². The lowest BCUT2D eigenvalue weighted by molar-refractivity contribution is 0.270. The predicted octanol–water partition coefficient (Wildman–Crippen LogP) is 2.58. The Labute approximate surface area is 106 Å². The summed E-state index contributed by atoms with van der Waals surface area (Å²) in [5, 5.41) is 0. The third-order valence-corrected chi connectivity index (χ3v) is 3.95. The fourth-order valence-corrected chi connectivity index (χ4v) is 2.61.